The van der Waals surface area contributed by atoms with Crippen LogP contribution < -0.4 is 0 Å². The molecule has 420 valence electrons. The van der Waals surface area contributed by atoms with Gasteiger partial charge in [-0.05, 0) is 201 Å². The number of aryl methyl sites for hydroxylation is 1. The Morgan fingerprint density at radius 1 is 0.341 bits per heavy atom. The number of hydrogen-bond acceptors (Lipinski definition) is 4. The molecular weight excluding hydrogens is 1140 g/mol. The van der Waals surface area contributed by atoms with E-state index in [0.29, 0.717) is 122 Å². The Balaban J connectivity index is 1.14. The number of benzene rings is 11. The van der Waals surface area contributed by atoms with Crippen LogP contribution in [0.25, 0.3) is 146 Å². The molecule has 0 radical (unpaired) electrons. The highest BCUT2D eigenvalue weighted by Gasteiger charge is 2.35. The van der Waals surface area contributed by atoms with Crippen molar-refractivity contribution in [2.75, 3.05) is 0 Å². The summed E-state index contributed by atoms with van der Waals surface area (Å²) in [4.78, 5) is 18.5. The molecule has 0 aliphatic carbocycles. The van der Waals surface area contributed by atoms with Crippen molar-refractivity contribution in [3.63, 3.8) is 0 Å². The molecule has 13 rings (SSSR count). The first-order valence-electron chi connectivity index (χ1n) is 27.9. The van der Waals surface area contributed by atoms with Gasteiger partial charge in [-0.2, -0.15) is 34.2 Å². The maximum absolute atomic E-state index is 15.4. The van der Waals surface area contributed by atoms with Crippen molar-refractivity contribution < 1.29 is 13.2 Å². The normalized spacial score (nSPS) is 11.0. The fraction of sp³-hybridized carbons (Fsp3) is 0.0260. The molecule has 0 aliphatic heterocycles. The van der Waals surface area contributed by atoms with Crippen LogP contribution in [0.4, 0.5) is 41.6 Å². The number of hydrogen-bond donors (Lipinski definition) is 0. The standard InChI is InChI=1S/C77H36F3N11/c1-44-8-7-9-69(77(78,79)80)76(44)53-10-16-63(75(37-53)91-72-19-13-51(56-26-48(43-84)28-60(30-56)87-4)35-66(72)67-36-52(14-20-73(67)91)57-31-61(88-5)38-62(32-57)89-6)68-39-58(85-2)15-21-74(68)90-70-17-11-49(54-23-45(40-81)22-46(24-54)41-82)33-64(70)65-34-50(12-18-71(65)90)55-25-47(42-83)27-59(29-55)86-3/h7-39H,1H3. The molecular formula is C77H36F3N11. The maximum atomic E-state index is 15.4. The van der Waals surface area contributed by atoms with E-state index in [2.05, 4.69) is 53.1 Å². The van der Waals surface area contributed by atoms with Crippen molar-refractivity contribution in [1.82, 2.24) is 9.13 Å². The molecule has 0 spiro atoms. The highest BCUT2D eigenvalue weighted by Crippen LogP contribution is 2.48. The smallest absolute Gasteiger partial charge is 0.309 e. The van der Waals surface area contributed by atoms with Crippen LogP contribution in [0, 0.1) is 85.1 Å². The summed E-state index contributed by atoms with van der Waals surface area (Å²) in [5.41, 5.74) is 12.0. The first-order valence-corrected chi connectivity index (χ1v) is 27.9. The summed E-state index contributed by atoms with van der Waals surface area (Å²) in [6.45, 7) is 41.5. The lowest BCUT2D eigenvalue weighted by Crippen LogP contribution is -2.08. The number of fused-ring (bicyclic) bond motifs is 6. The Morgan fingerprint density at radius 2 is 0.725 bits per heavy atom. The Bertz CT molecular complexity index is 5400. The summed E-state index contributed by atoms with van der Waals surface area (Å²) in [6, 6.07) is 65.9. The van der Waals surface area contributed by atoms with Crippen molar-refractivity contribution in [2.24, 2.45) is 0 Å². The van der Waals surface area contributed by atoms with Gasteiger partial charge < -0.3 is 9.13 Å². The van der Waals surface area contributed by atoms with Gasteiger partial charge in [0.05, 0.1) is 107 Å². The first-order chi connectivity index (χ1) is 44.1. The van der Waals surface area contributed by atoms with Crippen LogP contribution >= 0.6 is 0 Å². The third-order valence-corrected chi connectivity index (χ3v) is 16.3. The topological polar surface area (TPSA) is 127 Å². The average molecular weight is 1170 g/mol. The number of rotatable bonds is 8. The van der Waals surface area contributed by atoms with E-state index in [9.17, 15) is 21.0 Å². The lowest BCUT2D eigenvalue weighted by Gasteiger charge is -2.22. The van der Waals surface area contributed by atoms with Gasteiger partial charge in [-0.3, -0.25) is 0 Å². The van der Waals surface area contributed by atoms with Gasteiger partial charge in [0, 0.05) is 38.2 Å². The van der Waals surface area contributed by atoms with Crippen molar-refractivity contribution in [3.05, 3.63) is 291 Å². The van der Waals surface area contributed by atoms with E-state index in [0.717, 1.165) is 16.8 Å². The van der Waals surface area contributed by atoms with E-state index >= 15 is 13.2 Å². The van der Waals surface area contributed by atoms with Crippen molar-refractivity contribution >= 4 is 72.0 Å². The van der Waals surface area contributed by atoms with Crippen molar-refractivity contribution in [1.29, 1.82) is 21.0 Å². The van der Waals surface area contributed by atoms with Gasteiger partial charge in [0.15, 0.2) is 28.4 Å². The second-order valence-corrected chi connectivity index (χ2v) is 21.6. The number of halogens is 3. The molecule has 2 aromatic heterocycles. The lowest BCUT2D eigenvalue weighted by atomic mass is 9.91. The second-order valence-electron chi connectivity index (χ2n) is 21.6. The lowest BCUT2D eigenvalue weighted by molar-refractivity contribution is -0.137. The molecule has 11 nitrogen and oxygen atoms in total. The minimum atomic E-state index is -4.75. The van der Waals surface area contributed by atoms with Gasteiger partial charge in [0.25, 0.3) is 0 Å². The second kappa shape index (κ2) is 22.3. The maximum Gasteiger partial charge on any atom is 0.417 e. The number of nitriles is 4. The van der Waals surface area contributed by atoms with Gasteiger partial charge in [-0.1, -0.05) is 72.8 Å². The van der Waals surface area contributed by atoms with Gasteiger partial charge in [0.1, 0.15) is 0 Å². The molecule has 0 N–H and O–H groups in total. The minimum absolute atomic E-state index is 0.0356. The third-order valence-electron chi connectivity index (χ3n) is 16.3. The van der Waals surface area contributed by atoms with E-state index in [-0.39, 0.29) is 45.1 Å². The summed E-state index contributed by atoms with van der Waals surface area (Å²) in [6.07, 6.45) is -4.75. The highest BCUT2D eigenvalue weighted by molar-refractivity contribution is 6.14. The fourth-order valence-corrected chi connectivity index (χ4v) is 12.3. The molecule has 0 saturated carbocycles. The molecule has 0 amide bonds. The van der Waals surface area contributed by atoms with Crippen LogP contribution in [-0.2, 0) is 6.18 Å². The highest BCUT2D eigenvalue weighted by atomic mass is 19.4. The van der Waals surface area contributed by atoms with Crippen LogP contribution in [0.2, 0.25) is 0 Å². The molecule has 2 heterocycles. The van der Waals surface area contributed by atoms with E-state index < -0.39 is 11.7 Å². The van der Waals surface area contributed by atoms with Crippen LogP contribution in [0.1, 0.15) is 33.4 Å². The van der Waals surface area contributed by atoms with Crippen LogP contribution in [-0.4, -0.2) is 9.13 Å². The van der Waals surface area contributed by atoms with Crippen LogP contribution in [0.15, 0.2) is 200 Å². The zero-order chi connectivity index (χ0) is 63.4. The van der Waals surface area contributed by atoms with E-state index in [1.165, 1.54) is 30.3 Å². The number of aromatic nitrogens is 2. The van der Waals surface area contributed by atoms with Gasteiger partial charge in [-0.15, -0.1) is 0 Å². The molecule has 0 atom stereocenters. The molecule has 13 aromatic rings. The van der Waals surface area contributed by atoms with Gasteiger partial charge in [0.2, 0.25) is 0 Å². The monoisotopic (exact) mass is 1170 g/mol. The van der Waals surface area contributed by atoms with E-state index in [4.69, 9.17) is 32.9 Å². The summed E-state index contributed by atoms with van der Waals surface area (Å²) in [5, 5.41) is 43.0. The Morgan fingerprint density at radius 3 is 1.14 bits per heavy atom. The first kappa shape index (κ1) is 56.4. The molecule has 0 unspecified atom stereocenters. The molecule has 0 bridgehead atoms. The van der Waals surface area contributed by atoms with Crippen LogP contribution in [0.3, 0.4) is 0 Å². The zero-order valence-corrected chi connectivity index (χ0v) is 47.6. The fourth-order valence-electron chi connectivity index (χ4n) is 12.3. The zero-order valence-electron chi connectivity index (χ0n) is 47.6. The molecule has 0 aliphatic rings. The summed E-state index contributed by atoms with van der Waals surface area (Å²) in [5.74, 6) is 0. The summed E-state index contributed by atoms with van der Waals surface area (Å²) < 4.78 is 50.1. The quantitative estimate of drug-likeness (QED) is 0.140. The predicted octanol–water partition coefficient (Wildman–Crippen LogP) is 21.5. The Hall–Kier alpha value is -13.8. The largest absolute Gasteiger partial charge is 0.417 e. The van der Waals surface area contributed by atoms with Crippen molar-refractivity contribution in [2.45, 2.75) is 13.1 Å². The predicted molar refractivity (Wildman–Crippen MR) is 348 cm³/mol. The molecule has 11 aromatic carbocycles. The Labute approximate surface area is 519 Å². The van der Waals surface area contributed by atoms with E-state index in [1.54, 1.807) is 91.9 Å². The molecule has 0 fully saturated rings. The van der Waals surface area contributed by atoms with Crippen LogP contribution in [0.5, 0.6) is 0 Å². The van der Waals surface area contributed by atoms with Crippen molar-refractivity contribution in [3.8, 4) is 102 Å². The Kier molecular flexibility index (Phi) is 13.8. The molecule has 0 saturated heterocycles. The number of nitrogens with zero attached hydrogens (tertiary/aromatic N) is 11. The summed E-state index contributed by atoms with van der Waals surface area (Å²) in [7, 11) is 0. The minimum Gasteiger partial charge on any atom is -0.309 e. The average Bonchev–Trinajstić information content (AvgIpc) is 1.61. The SMILES string of the molecule is [C-]#[N+]c1cc(C#N)cc(-c2ccc3c(c2)c2cc(-c4cc(C#N)cc(C#N)c4)ccc2n3-c2ccc([N+]#[C-])cc2-c2ccc(-c3c(C)cccc3C(F)(F)F)cc2-n2c3ccc(-c4cc(C#N)cc([N+]#[C-])c4)cc3c3cc(-c4cc([N+]#[C-])cc([N+]#[C-])c4)ccc32)c1. The third kappa shape index (κ3) is 9.87. The number of alkyl halides is 3. The molecule has 14 heteroatoms. The van der Waals surface area contributed by atoms with Gasteiger partial charge >= 0.3 is 6.18 Å². The molecule has 91 heavy (non-hydrogen) atoms. The van der Waals surface area contributed by atoms with E-state index in [1.807, 2.05) is 83.4 Å². The van der Waals surface area contributed by atoms with Gasteiger partial charge in [-0.25, -0.2) is 24.2 Å². The summed E-state index contributed by atoms with van der Waals surface area (Å²) >= 11 is 0.